The highest BCUT2D eigenvalue weighted by molar-refractivity contribution is 6.78. The van der Waals surface area contributed by atoms with Crippen molar-refractivity contribution in [2.24, 2.45) is 0 Å². The minimum absolute atomic E-state index is 0.935. The summed E-state index contributed by atoms with van der Waals surface area (Å²) < 4.78 is 6.09. The van der Waals surface area contributed by atoms with Crippen molar-refractivity contribution < 1.29 is 4.43 Å². The molecule has 0 bridgehead atoms. The summed E-state index contributed by atoms with van der Waals surface area (Å²) in [7, 11) is -1.66. The van der Waals surface area contributed by atoms with Crippen molar-refractivity contribution >= 4 is 8.32 Å². The predicted molar refractivity (Wildman–Crippen MR) is 70.8 cm³/mol. The summed E-state index contributed by atoms with van der Waals surface area (Å²) >= 11 is 0. The standard InChI is InChI=1S/C14H20OSi/c1-3-16(11-7-6-10-15-16)12-14-9-5-4-8-13(14)2/h3-5,8-9H,1,6-7,10-12H2,2H3. The third-order valence-corrected chi connectivity index (χ3v) is 7.21. The van der Waals surface area contributed by atoms with Gasteiger partial charge in [-0.25, -0.2) is 0 Å². The molecule has 1 aromatic carbocycles. The van der Waals surface area contributed by atoms with Crippen LogP contribution in [0.3, 0.4) is 0 Å². The Bertz CT molecular complexity index is 367. The number of benzene rings is 1. The maximum Gasteiger partial charge on any atom is 0.220 e. The summed E-state index contributed by atoms with van der Waals surface area (Å²) in [4.78, 5) is 0. The second kappa shape index (κ2) is 4.98. The highest BCUT2D eigenvalue weighted by Crippen LogP contribution is 2.27. The van der Waals surface area contributed by atoms with Gasteiger partial charge in [-0.1, -0.05) is 36.4 Å². The molecule has 0 radical (unpaired) electrons. The fourth-order valence-corrected chi connectivity index (χ4v) is 5.71. The van der Waals surface area contributed by atoms with Crippen LogP contribution in [0.4, 0.5) is 0 Å². The van der Waals surface area contributed by atoms with E-state index in [4.69, 9.17) is 4.43 Å². The highest BCUT2D eigenvalue weighted by atomic mass is 28.4. The molecular formula is C14H20OSi. The Morgan fingerprint density at radius 1 is 1.38 bits per heavy atom. The third-order valence-electron chi connectivity index (χ3n) is 3.51. The second-order valence-corrected chi connectivity index (χ2v) is 8.36. The SMILES string of the molecule is C=C[Si]1(Cc2ccccc2C)CCCCO1. The summed E-state index contributed by atoms with van der Waals surface area (Å²) in [6.07, 6.45) is 2.53. The first-order valence-corrected chi connectivity index (χ1v) is 8.48. The molecule has 86 valence electrons. The lowest BCUT2D eigenvalue weighted by molar-refractivity contribution is 0.273. The van der Waals surface area contributed by atoms with Crippen molar-refractivity contribution in [1.29, 1.82) is 0 Å². The van der Waals surface area contributed by atoms with Crippen LogP contribution in [0, 0.1) is 6.92 Å². The first kappa shape index (κ1) is 11.6. The molecule has 0 N–H and O–H groups in total. The maximum atomic E-state index is 6.09. The first-order valence-electron chi connectivity index (χ1n) is 6.08. The molecule has 1 heterocycles. The Hall–Kier alpha value is -0.863. The van der Waals surface area contributed by atoms with Gasteiger partial charge in [0.2, 0.25) is 8.32 Å². The zero-order chi connectivity index (χ0) is 11.4. The summed E-state index contributed by atoms with van der Waals surface area (Å²) in [6, 6.07) is 11.0. The van der Waals surface area contributed by atoms with Crippen molar-refractivity contribution in [3.05, 3.63) is 47.7 Å². The number of rotatable bonds is 3. The smallest absolute Gasteiger partial charge is 0.220 e. The van der Waals surface area contributed by atoms with Crippen LogP contribution in [0.15, 0.2) is 36.5 Å². The molecule has 1 aliphatic heterocycles. The van der Waals surface area contributed by atoms with Crippen molar-refractivity contribution in [3.8, 4) is 0 Å². The third kappa shape index (κ3) is 2.44. The van der Waals surface area contributed by atoms with Crippen molar-refractivity contribution in [2.75, 3.05) is 6.61 Å². The van der Waals surface area contributed by atoms with E-state index in [9.17, 15) is 0 Å². The second-order valence-electron chi connectivity index (χ2n) is 4.68. The summed E-state index contributed by atoms with van der Waals surface area (Å²) in [5.74, 6) is 0. The molecule has 2 heteroatoms. The van der Waals surface area contributed by atoms with Gasteiger partial charge in [0, 0.05) is 6.61 Å². The van der Waals surface area contributed by atoms with E-state index in [-0.39, 0.29) is 0 Å². The molecule has 1 aromatic rings. The average Bonchev–Trinajstić information content (AvgIpc) is 2.33. The summed E-state index contributed by atoms with van der Waals surface area (Å²) in [5, 5.41) is 0. The van der Waals surface area contributed by atoms with Gasteiger partial charge in [0.25, 0.3) is 0 Å². The van der Waals surface area contributed by atoms with Gasteiger partial charge in [-0.15, -0.1) is 6.58 Å². The zero-order valence-electron chi connectivity index (χ0n) is 10.0. The largest absolute Gasteiger partial charge is 0.413 e. The summed E-state index contributed by atoms with van der Waals surface area (Å²) in [5.41, 5.74) is 4.96. The normalized spacial score (nSPS) is 25.3. The van der Waals surface area contributed by atoms with Gasteiger partial charge in [0.05, 0.1) is 0 Å². The van der Waals surface area contributed by atoms with Crippen LogP contribution in [0.2, 0.25) is 6.04 Å². The molecule has 1 aliphatic rings. The quantitative estimate of drug-likeness (QED) is 0.724. The van der Waals surface area contributed by atoms with Gasteiger partial charge in [-0.2, -0.15) is 0 Å². The molecule has 2 rings (SSSR count). The van der Waals surface area contributed by atoms with E-state index in [1.165, 1.54) is 30.0 Å². The van der Waals surface area contributed by atoms with E-state index in [0.717, 1.165) is 12.7 Å². The monoisotopic (exact) mass is 232 g/mol. The lowest BCUT2D eigenvalue weighted by Gasteiger charge is -2.32. The molecule has 0 spiro atoms. The van der Waals surface area contributed by atoms with E-state index < -0.39 is 8.32 Å². The Labute approximate surface area is 99.3 Å². The summed E-state index contributed by atoms with van der Waals surface area (Å²) in [6.45, 7) is 7.14. The van der Waals surface area contributed by atoms with Crippen molar-refractivity contribution in [2.45, 2.75) is 31.9 Å². The molecule has 0 saturated carbocycles. The minimum Gasteiger partial charge on any atom is -0.413 e. The van der Waals surface area contributed by atoms with Gasteiger partial charge < -0.3 is 4.43 Å². The molecule has 1 atom stereocenters. The Morgan fingerprint density at radius 2 is 2.19 bits per heavy atom. The van der Waals surface area contributed by atoms with Crippen LogP contribution < -0.4 is 0 Å². The van der Waals surface area contributed by atoms with Gasteiger partial charge in [-0.05, 0) is 36.6 Å². The Balaban J connectivity index is 2.18. The maximum absolute atomic E-state index is 6.09. The topological polar surface area (TPSA) is 9.23 Å². The van der Waals surface area contributed by atoms with Gasteiger partial charge >= 0.3 is 0 Å². The first-order chi connectivity index (χ1) is 7.76. The number of hydrogen-bond acceptors (Lipinski definition) is 1. The van der Waals surface area contributed by atoms with E-state index in [1.807, 2.05) is 0 Å². The molecule has 0 amide bonds. The molecule has 1 saturated heterocycles. The van der Waals surface area contributed by atoms with Crippen LogP contribution in [-0.2, 0) is 10.5 Å². The van der Waals surface area contributed by atoms with Crippen LogP contribution in [0.1, 0.15) is 24.0 Å². The average molecular weight is 232 g/mol. The number of hydrogen-bond donors (Lipinski definition) is 0. The molecule has 1 fully saturated rings. The van der Waals surface area contributed by atoms with E-state index >= 15 is 0 Å². The number of aryl methyl sites for hydroxylation is 1. The Morgan fingerprint density at radius 3 is 2.81 bits per heavy atom. The van der Waals surface area contributed by atoms with E-state index in [1.54, 1.807) is 0 Å². The van der Waals surface area contributed by atoms with E-state index in [2.05, 4.69) is 43.5 Å². The van der Waals surface area contributed by atoms with Crippen molar-refractivity contribution in [3.63, 3.8) is 0 Å². The van der Waals surface area contributed by atoms with Crippen LogP contribution in [0.5, 0.6) is 0 Å². The molecule has 0 aliphatic carbocycles. The van der Waals surface area contributed by atoms with Crippen LogP contribution >= 0.6 is 0 Å². The van der Waals surface area contributed by atoms with Crippen LogP contribution in [-0.4, -0.2) is 14.9 Å². The van der Waals surface area contributed by atoms with Gasteiger partial charge in [0.15, 0.2) is 0 Å². The molecule has 1 nitrogen and oxygen atoms in total. The molecule has 16 heavy (non-hydrogen) atoms. The fourth-order valence-electron chi connectivity index (χ4n) is 2.38. The van der Waals surface area contributed by atoms with Gasteiger partial charge in [0.1, 0.15) is 0 Å². The van der Waals surface area contributed by atoms with E-state index in [0.29, 0.717) is 0 Å². The minimum atomic E-state index is -1.66. The van der Waals surface area contributed by atoms with Gasteiger partial charge in [-0.3, -0.25) is 0 Å². The Kier molecular flexibility index (Phi) is 3.61. The fraction of sp³-hybridized carbons (Fsp3) is 0.429. The zero-order valence-corrected chi connectivity index (χ0v) is 11.0. The predicted octanol–water partition coefficient (Wildman–Crippen LogP) is 3.56. The highest BCUT2D eigenvalue weighted by Gasteiger charge is 2.34. The van der Waals surface area contributed by atoms with Crippen molar-refractivity contribution in [1.82, 2.24) is 0 Å². The lowest BCUT2D eigenvalue weighted by atomic mass is 10.1. The molecular weight excluding hydrogens is 212 g/mol. The molecule has 1 unspecified atom stereocenters. The lowest BCUT2D eigenvalue weighted by Crippen LogP contribution is -2.42. The van der Waals surface area contributed by atoms with Crippen LogP contribution in [0.25, 0.3) is 0 Å². The molecule has 0 aromatic heterocycles.